The number of phosphoric ester groups is 1. The van der Waals surface area contributed by atoms with Gasteiger partial charge in [0.1, 0.15) is 12.6 Å². The Bertz CT molecular complexity index is 420. The molecule has 0 spiro atoms. The fraction of sp³-hybridized carbons (Fsp3) is 1.00. The predicted molar refractivity (Wildman–Crippen MR) is 122 cm³/mol. The molecule has 0 aromatic carbocycles. The van der Waals surface area contributed by atoms with Crippen molar-refractivity contribution < 1.29 is 23.4 Å². The van der Waals surface area contributed by atoms with Crippen LogP contribution in [0.5, 0.6) is 0 Å². The zero-order chi connectivity index (χ0) is 22.2. The van der Waals surface area contributed by atoms with Gasteiger partial charge >= 0.3 is 0 Å². The minimum atomic E-state index is -4.72. The molecule has 0 aromatic rings. The van der Waals surface area contributed by atoms with Gasteiger partial charge in [-0.2, -0.15) is 0 Å². The third kappa shape index (κ3) is 19.8. The van der Waals surface area contributed by atoms with Crippen LogP contribution in [0, 0.1) is 5.92 Å². The summed E-state index contributed by atoms with van der Waals surface area (Å²) < 4.78 is 17.1. The number of quaternary nitrogens is 1. The summed E-state index contributed by atoms with van der Waals surface area (Å²) in [5, 5.41) is 0. The summed E-state index contributed by atoms with van der Waals surface area (Å²) >= 11 is 0. The van der Waals surface area contributed by atoms with E-state index in [1.165, 1.54) is 70.6 Å². The Hall–Kier alpha value is 0.0700. The summed E-state index contributed by atoms with van der Waals surface area (Å²) in [4.78, 5) is 20.6. The van der Waals surface area contributed by atoms with E-state index in [1.54, 1.807) is 0 Å². The smallest absolute Gasteiger partial charge is 0.265 e. The van der Waals surface area contributed by atoms with E-state index in [0.717, 1.165) is 25.7 Å². The number of unbranched alkanes of at least 4 members (excludes halogenated alkanes) is 11. The molecule has 0 saturated carbocycles. The van der Waals surface area contributed by atoms with Gasteiger partial charge in [-0.3, -0.25) is 4.57 Å². The highest BCUT2D eigenvalue weighted by Gasteiger charge is 2.29. The molecule has 0 heterocycles. The fourth-order valence-corrected chi connectivity index (χ4v) is 4.69. The van der Waals surface area contributed by atoms with Crippen LogP contribution in [0.2, 0.25) is 0 Å². The lowest BCUT2D eigenvalue weighted by Gasteiger charge is -2.35. The summed E-state index contributed by atoms with van der Waals surface area (Å²) in [6.45, 7) is 4.96. The van der Waals surface area contributed by atoms with Gasteiger partial charge in [-0.1, -0.05) is 97.3 Å². The van der Waals surface area contributed by atoms with Crippen molar-refractivity contribution in [2.24, 2.45) is 5.92 Å². The molecular formula is C23H50NO4P. The Morgan fingerprint density at radius 2 is 1.24 bits per heavy atom. The maximum absolute atomic E-state index is 11.4. The molecule has 3 unspecified atom stereocenters. The van der Waals surface area contributed by atoms with Crippen molar-refractivity contribution in [1.82, 2.24) is 0 Å². The summed E-state index contributed by atoms with van der Waals surface area (Å²) in [5.41, 5.74) is 0. The van der Waals surface area contributed by atoms with Crippen LogP contribution in [0.15, 0.2) is 0 Å². The second-order valence-corrected chi connectivity index (χ2v) is 11.0. The van der Waals surface area contributed by atoms with Crippen molar-refractivity contribution in [3.63, 3.8) is 0 Å². The molecule has 0 amide bonds. The lowest BCUT2D eigenvalue weighted by atomic mass is 9.90. The first-order valence-corrected chi connectivity index (χ1v) is 13.6. The van der Waals surface area contributed by atoms with Crippen LogP contribution in [0.25, 0.3) is 0 Å². The molecule has 0 aliphatic carbocycles. The van der Waals surface area contributed by atoms with Gasteiger partial charge in [0.2, 0.25) is 0 Å². The van der Waals surface area contributed by atoms with Crippen molar-refractivity contribution in [2.45, 2.75) is 116 Å². The lowest BCUT2D eigenvalue weighted by molar-refractivity contribution is -0.873. The van der Waals surface area contributed by atoms with Crippen molar-refractivity contribution in [1.29, 1.82) is 0 Å². The van der Waals surface area contributed by atoms with Crippen LogP contribution in [0.4, 0.5) is 0 Å². The van der Waals surface area contributed by atoms with E-state index < -0.39 is 13.9 Å². The van der Waals surface area contributed by atoms with E-state index in [4.69, 9.17) is 4.52 Å². The van der Waals surface area contributed by atoms with Crippen LogP contribution in [0.3, 0.4) is 0 Å². The maximum Gasteiger partial charge on any atom is 0.265 e. The van der Waals surface area contributed by atoms with Crippen molar-refractivity contribution in [3.8, 4) is 0 Å². The zero-order valence-corrected chi connectivity index (χ0v) is 20.9. The molecule has 6 heteroatoms. The van der Waals surface area contributed by atoms with E-state index in [9.17, 15) is 14.4 Å². The molecule has 0 radical (unpaired) electrons. The van der Waals surface area contributed by atoms with Gasteiger partial charge in [0.05, 0.1) is 21.1 Å². The molecule has 0 aliphatic rings. The van der Waals surface area contributed by atoms with E-state index in [1.807, 2.05) is 21.1 Å². The highest BCUT2D eigenvalue weighted by atomic mass is 31.2. The third-order valence-electron chi connectivity index (χ3n) is 5.61. The second-order valence-electron chi connectivity index (χ2n) is 9.81. The van der Waals surface area contributed by atoms with Gasteiger partial charge in [0, 0.05) is 0 Å². The molecule has 3 atom stereocenters. The summed E-state index contributed by atoms with van der Waals surface area (Å²) in [7, 11) is 1.36. The van der Waals surface area contributed by atoms with Gasteiger partial charge < -0.3 is 18.8 Å². The van der Waals surface area contributed by atoms with Gasteiger partial charge in [0.25, 0.3) is 7.82 Å². The largest absolute Gasteiger partial charge is 0.756 e. The molecular weight excluding hydrogens is 385 g/mol. The fourth-order valence-electron chi connectivity index (χ4n) is 4.11. The topological polar surface area (TPSA) is 69.6 Å². The molecule has 0 aromatic heterocycles. The van der Waals surface area contributed by atoms with E-state index in [-0.39, 0.29) is 5.92 Å². The molecule has 0 saturated heterocycles. The first-order valence-electron chi connectivity index (χ1n) is 12.1. The highest BCUT2D eigenvalue weighted by Crippen LogP contribution is 2.37. The van der Waals surface area contributed by atoms with Gasteiger partial charge in [-0.15, -0.1) is 0 Å². The average Bonchev–Trinajstić information content (AvgIpc) is 2.58. The first kappa shape index (κ1) is 29.1. The molecule has 0 rings (SSSR count). The monoisotopic (exact) mass is 435 g/mol. The predicted octanol–water partition coefficient (Wildman–Crippen LogP) is 6.05. The van der Waals surface area contributed by atoms with Crippen molar-refractivity contribution in [2.75, 3.05) is 27.7 Å². The van der Waals surface area contributed by atoms with Gasteiger partial charge in [-0.25, -0.2) is 0 Å². The Labute approximate surface area is 181 Å². The Morgan fingerprint density at radius 3 is 1.62 bits per heavy atom. The number of phosphoric acid groups is 1. The molecule has 0 bridgehead atoms. The highest BCUT2D eigenvalue weighted by molar-refractivity contribution is 7.44. The normalized spacial score (nSPS) is 16.5. The Morgan fingerprint density at radius 1 is 0.793 bits per heavy atom. The zero-order valence-electron chi connectivity index (χ0n) is 20.0. The quantitative estimate of drug-likeness (QED) is 0.144. The van der Waals surface area contributed by atoms with Crippen molar-refractivity contribution >= 4 is 7.82 Å². The van der Waals surface area contributed by atoms with Gasteiger partial charge in [0.15, 0.2) is 0 Å². The van der Waals surface area contributed by atoms with Crippen molar-refractivity contribution in [3.05, 3.63) is 0 Å². The van der Waals surface area contributed by atoms with Crippen LogP contribution >= 0.6 is 7.82 Å². The van der Waals surface area contributed by atoms with Crippen LogP contribution in [0.1, 0.15) is 110 Å². The Kier molecular flexibility index (Phi) is 16.8. The van der Waals surface area contributed by atoms with E-state index in [2.05, 4.69) is 13.8 Å². The summed E-state index contributed by atoms with van der Waals surface area (Å²) in [6, 6.07) is 0. The molecule has 1 N–H and O–H groups in total. The van der Waals surface area contributed by atoms with E-state index in [0.29, 0.717) is 11.0 Å². The minimum absolute atomic E-state index is 0.176. The van der Waals surface area contributed by atoms with Crippen LogP contribution in [-0.2, 0) is 9.09 Å². The van der Waals surface area contributed by atoms with Crippen LogP contribution in [-0.4, -0.2) is 43.2 Å². The molecule has 5 nitrogen and oxygen atoms in total. The summed E-state index contributed by atoms with van der Waals surface area (Å²) in [5.74, 6) is 0.176. The first-order chi connectivity index (χ1) is 13.6. The maximum atomic E-state index is 11.4. The minimum Gasteiger partial charge on any atom is -0.756 e. The number of hydrogen-bond acceptors (Lipinski definition) is 3. The standard InChI is InChI=1S/C23H50NO4P/c1-6-8-9-10-11-12-13-14-15-16-17-18-20-22(19-7-2)23(21-24(3,4)5)28-29(25,26)27/h22-23H,6-21H2,1-5H3,(H-,25,26,27). The van der Waals surface area contributed by atoms with E-state index >= 15 is 0 Å². The molecule has 29 heavy (non-hydrogen) atoms. The SMILES string of the molecule is CCCCCCCCCCCCCCC(CCC)C(C[N+](C)(C)C)OP(=O)([O-])O. The average molecular weight is 436 g/mol. The number of rotatable bonds is 20. The Balaban J connectivity index is 4.13. The number of likely N-dealkylation sites (N-methyl/N-ethyl adjacent to an activating group) is 1. The van der Waals surface area contributed by atoms with Crippen LogP contribution < -0.4 is 4.89 Å². The van der Waals surface area contributed by atoms with Gasteiger partial charge in [-0.05, 0) is 18.8 Å². The lowest BCUT2D eigenvalue weighted by Crippen LogP contribution is -2.45. The number of nitrogens with zero attached hydrogens (tertiary/aromatic N) is 1. The third-order valence-corrected chi connectivity index (χ3v) is 6.15. The second kappa shape index (κ2) is 16.7. The molecule has 176 valence electrons. The summed E-state index contributed by atoms with van der Waals surface area (Å²) in [6.07, 6.45) is 18.3. The number of hydrogen-bond donors (Lipinski definition) is 1. The molecule has 0 fully saturated rings. The molecule has 0 aliphatic heterocycles.